The highest BCUT2D eigenvalue weighted by Gasteiger charge is 2.23. The molecule has 0 bridgehead atoms. The molecule has 0 radical (unpaired) electrons. The fourth-order valence-electron chi connectivity index (χ4n) is 2.75. The summed E-state index contributed by atoms with van der Waals surface area (Å²) >= 11 is 9.67. The van der Waals surface area contributed by atoms with Gasteiger partial charge < -0.3 is 5.11 Å². The first-order valence-corrected chi connectivity index (χ1v) is 8.21. The van der Waals surface area contributed by atoms with Crippen LogP contribution in [0.4, 0.5) is 0 Å². The summed E-state index contributed by atoms with van der Waals surface area (Å²) in [7, 11) is 1.89. The first-order valence-electron chi connectivity index (χ1n) is 7.04. The Hall–Kier alpha value is -0.620. The average Bonchev–Trinajstić information content (AvgIpc) is 2.42. The fourth-order valence-corrected chi connectivity index (χ4v) is 3.48. The second-order valence-corrected chi connectivity index (χ2v) is 6.87. The van der Waals surface area contributed by atoms with Crippen molar-refractivity contribution in [2.24, 2.45) is 0 Å². The van der Waals surface area contributed by atoms with Gasteiger partial charge in [-0.05, 0) is 50.7 Å². The number of likely N-dealkylation sites (N-methyl/N-ethyl adjacent to an activating group) is 1. The molecule has 2 rings (SSSR count). The van der Waals surface area contributed by atoms with E-state index in [-0.39, 0.29) is 6.54 Å². The summed E-state index contributed by atoms with van der Waals surface area (Å²) in [5, 5.41) is 9.63. The van der Waals surface area contributed by atoms with E-state index in [2.05, 4.69) is 26.9 Å². The number of likely N-dealkylation sites (tertiary alicyclic amines) is 1. The number of nitrogens with zero attached hydrogens (tertiary/aromatic N) is 2. The van der Waals surface area contributed by atoms with E-state index in [9.17, 15) is 4.79 Å². The number of aliphatic carboxylic acids is 1. The zero-order chi connectivity index (χ0) is 15.4. The van der Waals surface area contributed by atoms with Gasteiger partial charge in [0.15, 0.2) is 0 Å². The fraction of sp³-hybridized carbons (Fsp3) is 0.533. The monoisotopic (exact) mass is 374 g/mol. The van der Waals surface area contributed by atoms with Crippen molar-refractivity contribution < 1.29 is 9.90 Å². The summed E-state index contributed by atoms with van der Waals surface area (Å²) in [6, 6.07) is 6.34. The predicted molar refractivity (Wildman–Crippen MR) is 87.7 cm³/mol. The zero-order valence-electron chi connectivity index (χ0n) is 12.1. The van der Waals surface area contributed by atoms with Gasteiger partial charge in [0.1, 0.15) is 0 Å². The van der Waals surface area contributed by atoms with Crippen LogP contribution in [-0.4, -0.2) is 53.6 Å². The molecule has 0 amide bonds. The summed E-state index contributed by atoms with van der Waals surface area (Å²) in [5.74, 6) is -0.762. The number of halogens is 2. The van der Waals surface area contributed by atoms with Crippen LogP contribution in [0.3, 0.4) is 0 Å². The van der Waals surface area contributed by atoms with Crippen molar-refractivity contribution >= 4 is 33.5 Å². The van der Waals surface area contributed by atoms with Crippen LogP contribution in [0, 0.1) is 0 Å². The van der Waals surface area contributed by atoms with Crippen LogP contribution in [-0.2, 0) is 11.3 Å². The van der Waals surface area contributed by atoms with Gasteiger partial charge in [0.25, 0.3) is 0 Å². The van der Waals surface area contributed by atoms with Gasteiger partial charge in [-0.1, -0.05) is 33.6 Å². The number of benzene rings is 1. The van der Waals surface area contributed by atoms with Crippen molar-refractivity contribution in [1.82, 2.24) is 9.80 Å². The Labute approximate surface area is 138 Å². The molecule has 0 aromatic heterocycles. The van der Waals surface area contributed by atoms with Crippen LogP contribution in [0.1, 0.15) is 18.4 Å². The molecule has 116 valence electrons. The summed E-state index contributed by atoms with van der Waals surface area (Å²) in [4.78, 5) is 15.1. The van der Waals surface area contributed by atoms with E-state index in [1.165, 1.54) is 0 Å². The molecular formula is C15H20BrClN2O2. The third kappa shape index (κ3) is 4.95. The number of piperidine rings is 1. The van der Waals surface area contributed by atoms with E-state index < -0.39 is 5.97 Å². The molecule has 0 saturated carbocycles. The number of carbonyl (C=O) groups is 1. The first kappa shape index (κ1) is 16.7. The van der Waals surface area contributed by atoms with Crippen molar-refractivity contribution in [2.75, 3.05) is 26.7 Å². The van der Waals surface area contributed by atoms with Gasteiger partial charge in [0.2, 0.25) is 0 Å². The molecule has 6 heteroatoms. The minimum Gasteiger partial charge on any atom is -0.480 e. The van der Waals surface area contributed by atoms with Gasteiger partial charge >= 0.3 is 5.97 Å². The van der Waals surface area contributed by atoms with Crippen LogP contribution in [0.2, 0.25) is 5.02 Å². The lowest BCUT2D eigenvalue weighted by Gasteiger charge is -2.36. The molecule has 1 heterocycles. The van der Waals surface area contributed by atoms with Gasteiger partial charge in [0, 0.05) is 22.1 Å². The lowest BCUT2D eigenvalue weighted by Crippen LogP contribution is -2.44. The maximum absolute atomic E-state index is 10.8. The SMILES string of the molecule is CN(CC(=O)O)C1CCN(Cc2ccc(Br)cc2Cl)CC1. The Balaban J connectivity index is 1.85. The Morgan fingerprint density at radius 3 is 2.71 bits per heavy atom. The number of rotatable bonds is 5. The highest BCUT2D eigenvalue weighted by atomic mass is 79.9. The Bertz CT molecular complexity index is 504. The highest BCUT2D eigenvalue weighted by molar-refractivity contribution is 9.10. The second-order valence-electron chi connectivity index (χ2n) is 5.55. The van der Waals surface area contributed by atoms with Crippen LogP contribution in [0.25, 0.3) is 0 Å². The second kappa shape index (κ2) is 7.58. The molecule has 21 heavy (non-hydrogen) atoms. The smallest absolute Gasteiger partial charge is 0.317 e. The molecule has 1 saturated heterocycles. The minimum absolute atomic E-state index is 0.114. The van der Waals surface area contributed by atoms with Gasteiger partial charge in [-0.25, -0.2) is 0 Å². The van der Waals surface area contributed by atoms with Crippen molar-refractivity contribution in [1.29, 1.82) is 0 Å². The topological polar surface area (TPSA) is 43.8 Å². The maximum Gasteiger partial charge on any atom is 0.317 e. The van der Waals surface area contributed by atoms with Gasteiger partial charge in [-0.3, -0.25) is 14.6 Å². The quantitative estimate of drug-likeness (QED) is 0.859. The molecule has 4 nitrogen and oxygen atoms in total. The molecule has 0 atom stereocenters. The van der Waals surface area contributed by atoms with E-state index in [4.69, 9.17) is 16.7 Å². The van der Waals surface area contributed by atoms with Gasteiger partial charge in [-0.15, -0.1) is 0 Å². The third-order valence-corrected chi connectivity index (χ3v) is 4.82. The molecule has 0 spiro atoms. The van der Waals surface area contributed by atoms with Crippen molar-refractivity contribution in [3.8, 4) is 0 Å². The predicted octanol–water partition coefficient (Wildman–Crippen LogP) is 3.08. The molecule has 0 aliphatic carbocycles. The first-order chi connectivity index (χ1) is 9.95. The van der Waals surface area contributed by atoms with Crippen LogP contribution in [0.5, 0.6) is 0 Å². The largest absolute Gasteiger partial charge is 0.480 e. The van der Waals surface area contributed by atoms with E-state index >= 15 is 0 Å². The number of carboxylic acids is 1. The summed E-state index contributed by atoms with van der Waals surface area (Å²) in [5.41, 5.74) is 1.14. The lowest BCUT2D eigenvalue weighted by atomic mass is 10.0. The molecule has 1 aromatic rings. The molecule has 0 unspecified atom stereocenters. The highest BCUT2D eigenvalue weighted by Crippen LogP contribution is 2.24. The van der Waals surface area contributed by atoms with Crippen molar-refractivity contribution in [3.05, 3.63) is 33.3 Å². The molecular weight excluding hydrogens is 356 g/mol. The Kier molecular flexibility index (Phi) is 6.05. The molecule has 1 fully saturated rings. The number of hydrogen-bond donors (Lipinski definition) is 1. The standard InChI is InChI=1S/C15H20BrClN2O2/c1-18(10-15(20)21)13-4-6-19(7-5-13)9-11-2-3-12(16)8-14(11)17/h2-3,8,13H,4-7,9-10H2,1H3,(H,20,21). The molecule has 1 aliphatic heterocycles. The summed E-state index contributed by atoms with van der Waals surface area (Å²) in [6.45, 7) is 2.91. The van der Waals surface area contributed by atoms with Crippen LogP contribution in [0.15, 0.2) is 22.7 Å². The van der Waals surface area contributed by atoms with Crippen molar-refractivity contribution in [2.45, 2.75) is 25.4 Å². The normalized spacial score (nSPS) is 17.3. The van der Waals surface area contributed by atoms with Crippen LogP contribution < -0.4 is 0 Å². The molecule has 1 N–H and O–H groups in total. The summed E-state index contributed by atoms with van der Waals surface area (Å²) < 4.78 is 0.991. The van der Waals surface area contributed by atoms with E-state index in [1.54, 1.807) is 0 Å². The van der Waals surface area contributed by atoms with Gasteiger partial charge in [0.05, 0.1) is 6.54 Å². The molecule has 1 aromatic carbocycles. The third-order valence-electron chi connectivity index (χ3n) is 3.97. The van der Waals surface area contributed by atoms with Gasteiger partial charge in [-0.2, -0.15) is 0 Å². The zero-order valence-corrected chi connectivity index (χ0v) is 14.4. The van der Waals surface area contributed by atoms with Crippen LogP contribution >= 0.6 is 27.5 Å². The van der Waals surface area contributed by atoms with E-state index in [0.29, 0.717) is 6.04 Å². The summed E-state index contributed by atoms with van der Waals surface area (Å²) in [6.07, 6.45) is 2.00. The Morgan fingerprint density at radius 2 is 2.14 bits per heavy atom. The minimum atomic E-state index is -0.762. The number of hydrogen-bond acceptors (Lipinski definition) is 3. The lowest BCUT2D eigenvalue weighted by molar-refractivity contribution is -0.138. The van der Waals surface area contributed by atoms with E-state index in [0.717, 1.165) is 47.5 Å². The Morgan fingerprint density at radius 1 is 1.48 bits per heavy atom. The van der Waals surface area contributed by atoms with Crippen molar-refractivity contribution in [3.63, 3.8) is 0 Å². The average molecular weight is 376 g/mol. The number of carboxylic acid groups (broad SMARTS) is 1. The van der Waals surface area contributed by atoms with E-state index in [1.807, 2.05) is 24.1 Å². The maximum atomic E-state index is 10.8. The molecule has 1 aliphatic rings.